The first-order valence-electron chi connectivity index (χ1n) is 2.93. The summed E-state index contributed by atoms with van der Waals surface area (Å²) in [6, 6.07) is 5.32. The van der Waals surface area contributed by atoms with Gasteiger partial charge >= 0.3 is 5.38 Å². The Morgan fingerprint density at radius 1 is 1.36 bits per heavy atom. The zero-order valence-electron chi connectivity index (χ0n) is 5.52. The zero-order valence-corrected chi connectivity index (χ0v) is 6.28. The SMILES string of the molecule is Nc1cccc(C(F)(F)Cl)c1. The summed E-state index contributed by atoms with van der Waals surface area (Å²) in [5, 5.41) is -3.32. The van der Waals surface area contributed by atoms with Gasteiger partial charge in [-0.3, -0.25) is 0 Å². The number of nitrogens with two attached hydrogens (primary N) is 1. The first-order valence-corrected chi connectivity index (χ1v) is 3.30. The van der Waals surface area contributed by atoms with Crippen LogP contribution in [0.4, 0.5) is 14.5 Å². The lowest BCUT2D eigenvalue weighted by molar-refractivity contribution is 0.0952. The van der Waals surface area contributed by atoms with E-state index >= 15 is 0 Å². The van der Waals surface area contributed by atoms with Crippen molar-refractivity contribution in [2.75, 3.05) is 5.73 Å². The Morgan fingerprint density at radius 3 is 2.36 bits per heavy atom. The van der Waals surface area contributed by atoms with Crippen LogP contribution in [0.2, 0.25) is 0 Å². The summed E-state index contributed by atoms with van der Waals surface area (Å²) in [6.07, 6.45) is 0. The largest absolute Gasteiger partial charge is 0.399 e. The molecule has 0 aliphatic heterocycles. The number of halogens is 3. The summed E-state index contributed by atoms with van der Waals surface area (Å²) >= 11 is 4.74. The predicted octanol–water partition coefficient (Wildman–Crippen LogP) is 2.56. The minimum atomic E-state index is -3.32. The van der Waals surface area contributed by atoms with Crippen LogP contribution in [0.3, 0.4) is 0 Å². The number of anilines is 1. The van der Waals surface area contributed by atoms with Crippen LogP contribution in [-0.2, 0) is 5.38 Å². The van der Waals surface area contributed by atoms with Gasteiger partial charge in [-0.2, -0.15) is 8.78 Å². The van der Waals surface area contributed by atoms with E-state index < -0.39 is 5.38 Å². The van der Waals surface area contributed by atoms with E-state index in [1.54, 1.807) is 0 Å². The fourth-order valence-corrected chi connectivity index (χ4v) is 0.833. The highest BCUT2D eigenvalue weighted by Gasteiger charge is 2.27. The van der Waals surface area contributed by atoms with Gasteiger partial charge in [0.25, 0.3) is 0 Å². The van der Waals surface area contributed by atoms with E-state index in [-0.39, 0.29) is 11.3 Å². The zero-order chi connectivity index (χ0) is 8.48. The smallest absolute Gasteiger partial charge is 0.348 e. The summed E-state index contributed by atoms with van der Waals surface area (Å²) in [7, 11) is 0. The number of hydrogen-bond acceptors (Lipinski definition) is 1. The van der Waals surface area contributed by atoms with E-state index in [0.29, 0.717) is 0 Å². The standard InChI is InChI=1S/C7H6ClF2N/c8-7(9,10)5-2-1-3-6(11)4-5/h1-4H,11H2. The van der Waals surface area contributed by atoms with Gasteiger partial charge in [0, 0.05) is 11.3 Å². The van der Waals surface area contributed by atoms with E-state index in [1.807, 2.05) is 0 Å². The van der Waals surface area contributed by atoms with E-state index in [0.717, 1.165) is 6.07 Å². The van der Waals surface area contributed by atoms with E-state index in [9.17, 15) is 8.78 Å². The van der Waals surface area contributed by atoms with Crippen LogP contribution in [0.25, 0.3) is 0 Å². The van der Waals surface area contributed by atoms with Gasteiger partial charge in [0.2, 0.25) is 0 Å². The van der Waals surface area contributed by atoms with E-state index in [2.05, 4.69) is 0 Å². The van der Waals surface area contributed by atoms with Crippen molar-refractivity contribution in [2.45, 2.75) is 5.38 Å². The third-order valence-electron chi connectivity index (χ3n) is 1.21. The molecule has 1 nitrogen and oxygen atoms in total. The van der Waals surface area contributed by atoms with Crippen molar-refractivity contribution in [3.8, 4) is 0 Å². The molecule has 0 bridgehead atoms. The number of hydrogen-bond donors (Lipinski definition) is 1. The second-order valence-electron chi connectivity index (χ2n) is 2.12. The maximum atomic E-state index is 12.3. The number of alkyl halides is 3. The Kier molecular flexibility index (Phi) is 2.00. The molecule has 1 aromatic carbocycles. The predicted molar refractivity (Wildman–Crippen MR) is 40.6 cm³/mol. The second kappa shape index (κ2) is 2.66. The van der Waals surface area contributed by atoms with Crippen molar-refractivity contribution in [1.29, 1.82) is 0 Å². The molecule has 0 aliphatic rings. The molecule has 0 saturated heterocycles. The summed E-state index contributed by atoms with van der Waals surface area (Å²) in [6.45, 7) is 0. The molecule has 11 heavy (non-hydrogen) atoms. The van der Waals surface area contributed by atoms with Gasteiger partial charge in [0.15, 0.2) is 0 Å². The van der Waals surface area contributed by atoms with Gasteiger partial charge in [-0.1, -0.05) is 12.1 Å². The van der Waals surface area contributed by atoms with Gasteiger partial charge in [0.05, 0.1) is 0 Å². The summed E-state index contributed by atoms with van der Waals surface area (Å²) in [5.74, 6) is 0. The minimum absolute atomic E-state index is 0.279. The Bertz CT molecular complexity index is 257. The first-order chi connectivity index (χ1) is 5.00. The second-order valence-corrected chi connectivity index (χ2v) is 2.60. The molecule has 0 heterocycles. The van der Waals surface area contributed by atoms with Gasteiger partial charge in [-0.05, 0) is 23.7 Å². The lowest BCUT2D eigenvalue weighted by atomic mass is 10.2. The summed E-state index contributed by atoms with van der Waals surface area (Å²) < 4.78 is 24.7. The van der Waals surface area contributed by atoms with Crippen molar-refractivity contribution in [1.82, 2.24) is 0 Å². The molecule has 4 heteroatoms. The number of rotatable bonds is 1. The van der Waals surface area contributed by atoms with Crippen LogP contribution in [0, 0.1) is 0 Å². The number of nitrogen functional groups attached to an aromatic ring is 1. The molecule has 2 N–H and O–H groups in total. The Labute approximate surface area is 67.8 Å². The summed E-state index contributed by atoms with van der Waals surface area (Å²) in [4.78, 5) is 0. The monoisotopic (exact) mass is 177 g/mol. The maximum Gasteiger partial charge on any atom is 0.348 e. The molecule has 0 unspecified atom stereocenters. The molecule has 0 saturated carbocycles. The molecular weight excluding hydrogens is 172 g/mol. The van der Waals surface area contributed by atoms with Gasteiger partial charge < -0.3 is 5.73 Å². The topological polar surface area (TPSA) is 26.0 Å². The average molecular weight is 178 g/mol. The molecule has 1 aromatic rings. The molecule has 60 valence electrons. The third kappa shape index (κ3) is 2.05. The highest BCUT2D eigenvalue weighted by Crippen LogP contribution is 2.32. The Balaban J connectivity index is 3.06. The molecule has 0 radical (unpaired) electrons. The molecule has 0 atom stereocenters. The summed E-state index contributed by atoms with van der Waals surface area (Å²) in [5.41, 5.74) is 5.27. The van der Waals surface area contributed by atoms with Gasteiger partial charge in [-0.15, -0.1) is 0 Å². The van der Waals surface area contributed by atoms with Crippen LogP contribution in [-0.4, -0.2) is 0 Å². The molecule has 1 rings (SSSR count). The van der Waals surface area contributed by atoms with Gasteiger partial charge in [0.1, 0.15) is 0 Å². The number of benzene rings is 1. The van der Waals surface area contributed by atoms with Crippen LogP contribution in [0.5, 0.6) is 0 Å². The molecule has 0 aromatic heterocycles. The highest BCUT2D eigenvalue weighted by molar-refractivity contribution is 6.21. The molecule has 0 amide bonds. The first kappa shape index (κ1) is 8.27. The quantitative estimate of drug-likeness (QED) is 0.518. The fraction of sp³-hybridized carbons (Fsp3) is 0.143. The minimum Gasteiger partial charge on any atom is -0.399 e. The van der Waals surface area contributed by atoms with Crippen LogP contribution >= 0.6 is 11.6 Å². The lowest BCUT2D eigenvalue weighted by Gasteiger charge is -2.07. The van der Waals surface area contributed by atoms with Crippen LogP contribution in [0.15, 0.2) is 24.3 Å². The van der Waals surface area contributed by atoms with Crippen molar-refractivity contribution in [3.63, 3.8) is 0 Å². The van der Waals surface area contributed by atoms with Crippen molar-refractivity contribution in [2.24, 2.45) is 0 Å². The molecule has 0 aliphatic carbocycles. The Morgan fingerprint density at radius 2 is 2.00 bits per heavy atom. The van der Waals surface area contributed by atoms with Crippen LogP contribution < -0.4 is 5.73 Å². The van der Waals surface area contributed by atoms with Crippen molar-refractivity contribution in [3.05, 3.63) is 29.8 Å². The normalized spacial score (nSPS) is 11.5. The molecule has 0 spiro atoms. The average Bonchev–Trinajstić information content (AvgIpc) is 1.86. The van der Waals surface area contributed by atoms with Crippen LogP contribution in [0.1, 0.15) is 5.56 Å². The fourth-order valence-electron chi connectivity index (χ4n) is 0.715. The van der Waals surface area contributed by atoms with Crippen molar-refractivity contribution >= 4 is 17.3 Å². The maximum absolute atomic E-state index is 12.3. The van der Waals surface area contributed by atoms with Crippen molar-refractivity contribution < 1.29 is 8.78 Å². The lowest BCUT2D eigenvalue weighted by Crippen LogP contribution is -2.03. The van der Waals surface area contributed by atoms with Gasteiger partial charge in [-0.25, -0.2) is 0 Å². The van der Waals surface area contributed by atoms with E-state index in [4.69, 9.17) is 17.3 Å². The highest BCUT2D eigenvalue weighted by atomic mass is 35.5. The van der Waals surface area contributed by atoms with E-state index in [1.165, 1.54) is 18.2 Å². The Hall–Kier alpha value is -0.830. The molecule has 0 fully saturated rings. The molecular formula is C7H6ClF2N. The third-order valence-corrected chi connectivity index (χ3v) is 1.43.